The molecule has 0 fully saturated rings. The van der Waals surface area contributed by atoms with Crippen molar-refractivity contribution in [3.8, 4) is 0 Å². The summed E-state index contributed by atoms with van der Waals surface area (Å²) in [5, 5.41) is 0. The largest absolute Gasteiger partial charge is 0.756 e. The van der Waals surface area contributed by atoms with Gasteiger partial charge in [0.05, 0.1) is 27.7 Å². The number of allylic oxidation sites excluding steroid dienone is 20. The third-order valence-electron chi connectivity index (χ3n) is 11.0. The summed E-state index contributed by atoms with van der Waals surface area (Å²) in [6.07, 6.45) is 71.4. The first-order valence-electron chi connectivity index (χ1n) is 27.2. The molecule has 2 unspecified atom stereocenters. The van der Waals surface area contributed by atoms with Crippen LogP contribution in [0.2, 0.25) is 0 Å². The van der Waals surface area contributed by atoms with Crippen LogP contribution in [0.1, 0.15) is 194 Å². The van der Waals surface area contributed by atoms with Crippen LogP contribution in [0.3, 0.4) is 0 Å². The lowest BCUT2D eigenvalue weighted by molar-refractivity contribution is -0.870. The first kappa shape index (κ1) is 66.4. The lowest BCUT2D eigenvalue weighted by Gasteiger charge is -2.28. The van der Waals surface area contributed by atoms with Crippen LogP contribution in [0.25, 0.3) is 0 Å². The zero-order valence-corrected chi connectivity index (χ0v) is 45.8. The highest BCUT2D eigenvalue weighted by Crippen LogP contribution is 2.38. The number of phosphoric acid groups is 1. The van der Waals surface area contributed by atoms with Gasteiger partial charge in [0.2, 0.25) is 0 Å². The molecule has 0 heterocycles. The monoisotopic (exact) mass is 994 g/mol. The Hall–Kier alpha value is -3.59. The van der Waals surface area contributed by atoms with Crippen LogP contribution in [0.5, 0.6) is 0 Å². The number of likely N-dealkylation sites (N-methyl/N-ethyl adjacent to an activating group) is 1. The molecular formula is C60H100NO8P. The maximum atomic E-state index is 12.7. The van der Waals surface area contributed by atoms with Gasteiger partial charge in [0.15, 0.2) is 6.10 Å². The first-order valence-corrected chi connectivity index (χ1v) is 28.7. The topological polar surface area (TPSA) is 111 Å². The molecule has 0 spiro atoms. The van der Waals surface area contributed by atoms with Crippen LogP contribution < -0.4 is 4.89 Å². The Labute approximate surface area is 428 Å². The first-order chi connectivity index (χ1) is 34.0. The van der Waals surface area contributed by atoms with E-state index in [9.17, 15) is 19.0 Å². The summed E-state index contributed by atoms with van der Waals surface area (Å²) < 4.78 is 33.8. The fourth-order valence-corrected chi connectivity index (χ4v) is 7.53. The van der Waals surface area contributed by atoms with E-state index in [0.29, 0.717) is 17.4 Å². The van der Waals surface area contributed by atoms with Gasteiger partial charge >= 0.3 is 11.9 Å². The van der Waals surface area contributed by atoms with Crippen molar-refractivity contribution in [3.05, 3.63) is 122 Å². The van der Waals surface area contributed by atoms with Crippen LogP contribution in [-0.4, -0.2) is 70.0 Å². The summed E-state index contributed by atoms with van der Waals surface area (Å²) in [6.45, 7) is 4.03. The summed E-state index contributed by atoms with van der Waals surface area (Å²) in [5.74, 6) is -0.859. The summed E-state index contributed by atoms with van der Waals surface area (Å²) in [7, 11) is 1.14. The Morgan fingerprint density at radius 3 is 1.21 bits per heavy atom. The molecule has 0 aromatic rings. The van der Waals surface area contributed by atoms with Crippen LogP contribution in [0, 0.1) is 0 Å². The standard InChI is InChI=1S/C60H100NO8P/c1-6-8-10-12-14-15-16-17-18-19-20-21-22-23-24-25-26-27-28-29-30-31-32-33-34-35-36-37-38-39-40-41-42-43-44-45-47-49-51-53-60(63)69-58(57-68-70(64,65)67-55-54-61(3,4)5)56-66-59(62)52-50-48-46-13-11-9-7-2/h8,10,14-15,17-18,20-21,23-24,26-27,29-30,32-33,35-36,38-39,58H,6-7,9,11-13,16,19,22,25,28,31,34,37,40-57H2,1-5H3/b10-8-,15-14-,18-17-,21-20-,24-23-,27-26-,30-29-,33-32-,36-35-,39-38-. The van der Waals surface area contributed by atoms with E-state index in [4.69, 9.17) is 18.5 Å². The molecule has 0 aromatic carbocycles. The molecule has 0 aliphatic carbocycles. The van der Waals surface area contributed by atoms with Crippen molar-refractivity contribution in [2.45, 2.75) is 200 Å². The highest BCUT2D eigenvalue weighted by atomic mass is 31.2. The zero-order chi connectivity index (χ0) is 51.3. The average Bonchev–Trinajstić information content (AvgIpc) is 3.32. The van der Waals surface area contributed by atoms with Crippen molar-refractivity contribution in [1.29, 1.82) is 0 Å². The summed E-state index contributed by atoms with van der Waals surface area (Å²) in [4.78, 5) is 37.5. The molecule has 9 nitrogen and oxygen atoms in total. The second-order valence-corrected chi connectivity index (χ2v) is 20.3. The Bertz CT molecular complexity index is 1590. The SMILES string of the molecule is CC/C=C\C/C=C\C/C=C\C/C=C\C/C=C\C/C=C\C/C=C\C/C=C\C/C=C\C/C=C\CCCCCCCCCCC(=O)OC(COC(=O)CCCCCCCCC)COP(=O)([O-])OCC[N+](C)(C)C. The van der Waals surface area contributed by atoms with Crippen molar-refractivity contribution in [3.63, 3.8) is 0 Å². The molecule has 0 bridgehead atoms. The van der Waals surface area contributed by atoms with Crippen molar-refractivity contribution >= 4 is 19.8 Å². The molecule has 2 atom stereocenters. The van der Waals surface area contributed by atoms with E-state index < -0.39 is 32.5 Å². The molecule has 10 heteroatoms. The molecule has 0 aromatic heterocycles. The smallest absolute Gasteiger partial charge is 0.306 e. The number of hydrogen-bond acceptors (Lipinski definition) is 8. The predicted molar refractivity (Wildman–Crippen MR) is 295 cm³/mol. The number of quaternary nitrogens is 1. The second kappa shape index (κ2) is 50.4. The van der Waals surface area contributed by atoms with Crippen LogP contribution in [-0.2, 0) is 32.7 Å². The van der Waals surface area contributed by atoms with Crippen LogP contribution >= 0.6 is 7.82 Å². The van der Waals surface area contributed by atoms with Gasteiger partial charge < -0.3 is 27.9 Å². The predicted octanol–water partition coefficient (Wildman–Crippen LogP) is 16.2. The quantitative estimate of drug-likeness (QED) is 0.0195. The zero-order valence-electron chi connectivity index (χ0n) is 44.9. The maximum absolute atomic E-state index is 12.7. The van der Waals surface area contributed by atoms with Gasteiger partial charge in [-0.1, -0.05) is 212 Å². The molecule has 0 amide bonds. The fraction of sp³-hybridized carbons (Fsp3) is 0.633. The van der Waals surface area contributed by atoms with Gasteiger partial charge in [-0.3, -0.25) is 14.2 Å². The normalized spacial score (nSPS) is 14.3. The number of carbonyl (C=O) groups is 2. The molecule has 0 saturated carbocycles. The number of hydrogen-bond donors (Lipinski definition) is 0. The second-order valence-electron chi connectivity index (χ2n) is 18.9. The minimum atomic E-state index is -4.63. The number of phosphoric ester groups is 1. The van der Waals surface area contributed by atoms with Gasteiger partial charge in [-0.25, -0.2) is 0 Å². The summed E-state index contributed by atoms with van der Waals surface area (Å²) in [6, 6.07) is 0. The highest BCUT2D eigenvalue weighted by Gasteiger charge is 2.21. The molecule has 0 rings (SSSR count). The molecule has 0 saturated heterocycles. The Morgan fingerprint density at radius 2 is 0.814 bits per heavy atom. The van der Waals surface area contributed by atoms with Crippen molar-refractivity contribution in [1.82, 2.24) is 0 Å². The minimum Gasteiger partial charge on any atom is -0.756 e. The van der Waals surface area contributed by atoms with E-state index in [0.717, 1.165) is 116 Å². The van der Waals surface area contributed by atoms with Gasteiger partial charge in [-0.2, -0.15) is 0 Å². The fourth-order valence-electron chi connectivity index (χ4n) is 6.80. The van der Waals surface area contributed by atoms with Gasteiger partial charge in [0.1, 0.15) is 19.8 Å². The van der Waals surface area contributed by atoms with E-state index in [-0.39, 0.29) is 26.1 Å². The number of unbranched alkanes of at least 4 members (excludes halogenated alkanes) is 14. The third kappa shape index (κ3) is 53.8. The van der Waals surface area contributed by atoms with Crippen molar-refractivity contribution in [2.24, 2.45) is 0 Å². The van der Waals surface area contributed by atoms with Gasteiger partial charge in [0.25, 0.3) is 7.82 Å². The number of esters is 2. The van der Waals surface area contributed by atoms with Gasteiger partial charge in [-0.05, 0) is 89.9 Å². The lowest BCUT2D eigenvalue weighted by atomic mass is 10.1. The Morgan fingerprint density at radius 1 is 0.457 bits per heavy atom. The van der Waals surface area contributed by atoms with E-state index >= 15 is 0 Å². The minimum absolute atomic E-state index is 0.0374. The molecule has 398 valence electrons. The van der Waals surface area contributed by atoms with Crippen LogP contribution in [0.4, 0.5) is 0 Å². The third-order valence-corrected chi connectivity index (χ3v) is 12.0. The van der Waals surface area contributed by atoms with E-state index in [1.54, 1.807) is 0 Å². The molecule has 0 N–H and O–H groups in total. The van der Waals surface area contributed by atoms with E-state index in [1.807, 2.05) is 21.1 Å². The lowest BCUT2D eigenvalue weighted by Crippen LogP contribution is -2.37. The average molecular weight is 994 g/mol. The van der Waals surface area contributed by atoms with Gasteiger partial charge in [-0.15, -0.1) is 0 Å². The number of nitrogens with zero attached hydrogens (tertiary/aromatic N) is 1. The highest BCUT2D eigenvalue weighted by molar-refractivity contribution is 7.45. The Balaban J connectivity index is 4.04. The number of ether oxygens (including phenoxy) is 2. The molecular weight excluding hydrogens is 894 g/mol. The Kier molecular flexibility index (Phi) is 47.8. The molecule has 0 radical (unpaired) electrons. The van der Waals surface area contributed by atoms with Crippen molar-refractivity contribution < 1.29 is 42.1 Å². The van der Waals surface area contributed by atoms with E-state index in [2.05, 4.69) is 135 Å². The molecule has 70 heavy (non-hydrogen) atoms. The molecule has 0 aliphatic heterocycles. The van der Waals surface area contributed by atoms with E-state index in [1.165, 1.54) is 44.9 Å². The van der Waals surface area contributed by atoms with Crippen LogP contribution in [0.15, 0.2) is 122 Å². The maximum Gasteiger partial charge on any atom is 0.306 e. The number of carbonyl (C=O) groups excluding carboxylic acids is 2. The van der Waals surface area contributed by atoms with Gasteiger partial charge in [0, 0.05) is 12.8 Å². The summed E-state index contributed by atoms with van der Waals surface area (Å²) >= 11 is 0. The molecule has 0 aliphatic rings. The number of rotatable bonds is 48. The summed E-state index contributed by atoms with van der Waals surface area (Å²) in [5.41, 5.74) is 0. The van der Waals surface area contributed by atoms with Crippen molar-refractivity contribution in [2.75, 3.05) is 47.5 Å².